The van der Waals surface area contributed by atoms with E-state index in [0.717, 1.165) is 24.2 Å². The van der Waals surface area contributed by atoms with E-state index in [1.54, 1.807) is 0 Å². The summed E-state index contributed by atoms with van der Waals surface area (Å²) in [6, 6.07) is 2.64. The maximum Gasteiger partial charge on any atom is 0.136 e. The van der Waals surface area contributed by atoms with Crippen LogP contribution in [0.25, 0.3) is 0 Å². The highest BCUT2D eigenvalue weighted by atomic mass is 32.1. The first-order chi connectivity index (χ1) is 9.94. The van der Waals surface area contributed by atoms with Gasteiger partial charge in [-0.3, -0.25) is 0 Å². The number of thiocarbonyl (C=S) groups is 1. The van der Waals surface area contributed by atoms with E-state index in [-0.39, 0.29) is 0 Å². The van der Waals surface area contributed by atoms with Crippen molar-refractivity contribution >= 4 is 23.0 Å². The zero-order valence-electron chi connectivity index (χ0n) is 13.0. The Balaban J connectivity index is 1.86. The second-order valence-corrected chi connectivity index (χ2v) is 7.75. The second-order valence-electron chi connectivity index (χ2n) is 7.31. The lowest BCUT2D eigenvalue weighted by atomic mass is 9.75. The molecule has 21 heavy (non-hydrogen) atoms. The van der Waals surface area contributed by atoms with Crippen LogP contribution >= 0.6 is 12.2 Å². The van der Waals surface area contributed by atoms with Crippen molar-refractivity contribution in [1.82, 2.24) is 4.98 Å². The summed E-state index contributed by atoms with van der Waals surface area (Å²) in [6.45, 7) is 4.71. The fourth-order valence-corrected chi connectivity index (χ4v) is 3.94. The first-order valence-electron chi connectivity index (χ1n) is 8.04. The van der Waals surface area contributed by atoms with Gasteiger partial charge >= 0.3 is 0 Å². The third-order valence-electron chi connectivity index (χ3n) is 4.86. The summed E-state index contributed by atoms with van der Waals surface area (Å²) in [7, 11) is 0. The maximum absolute atomic E-state index is 5.92. The molecule has 0 aliphatic heterocycles. The highest BCUT2D eigenvalue weighted by molar-refractivity contribution is 7.80. The molecule has 0 aromatic carbocycles. The second kappa shape index (κ2) is 5.56. The minimum Gasteiger partial charge on any atom is -0.389 e. The van der Waals surface area contributed by atoms with E-state index in [1.165, 1.54) is 43.4 Å². The summed E-state index contributed by atoms with van der Waals surface area (Å²) < 4.78 is 0. The van der Waals surface area contributed by atoms with E-state index in [2.05, 4.69) is 25.2 Å². The largest absolute Gasteiger partial charge is 0.389 e. The van der Waals surface area contributed by atoms with Gasteiger partial charge in [-0.1, -0.05) is 32.5 Å². The third-order valence-corrected chi connectivity index (χ3v) is 5.08. The lowest BCUT2D eigenvalue weighted by molar-refractivity contribution is 0.229. The Labute approximate surface area is 132 Å². The zero-order chi connectivity index (χ0) is 15.0. The predicted octanol–water partition coefficient (Wildman–Crippen LogP) is 3.59. The van der Waals surface area contributed by atoms with E-state index in [0.29, 0.717) is 16.4 Å². The SMILES string of the molecule is CC1(C)CCCC(Nc2nc3c(cc2C(N)=S)CCC3)C1. The molecule has 1 heterocycles. The van der Waals surface area contributed by atoms with Gasteiger partial charge < -0.3 is 11.1 Å². The number of nitrogens with two attached hydrogens (primary N) is 1. The number of fused-ring (bicyclic) bond motifs is 1. The van der Waals surface area contributed by atoms with Crippen molar-refractivity contribution in [1.29, 1.82) is 0 Å². The van der Waals surface area contributed by atoms with Crippen molar-refractivity contribution in [2.24, 2.45) is 11.1 Å². The molecule has 0 bridgehead atoms. The topological polar surface area (TPSA) is 50.9 Å². The van der Waals surface area contributed by atoms with Gasteiger partial charge in [0.1, 0.15) is 10.8 Å². The van der Waals surface area contributed by atoms with Gasteiger partial charge in [-0.2, -0.15) is 0 Å². The van der Waals surface area contributed by atoms with Crippen molar-refractivity contribution in [3.8, 4) is 0 Å². The number of pyridine rings is 1. The van der Waals surface area contributed by atoms with Gasteiger partial charge in [-0.25, -0.2) is 4.98 Å². The summed E-state index contributed by atoms with van der Waals surface area (Å²) in [5.41, 5.74) is 9.81. The third kappa shape index (κ3) is 3.20. The smallest absolute Gasteiger partial charge is 0.136 e. The number of hydrogen-bond donors (Lipinski definition) is 2. The van der Waals surface area contributed by atoms with Crippen LogP contribution in [0.2, 0.25) is 0 Å². The number of rotatable bonds is 3. The number of aryl methyl sites for hydroxylation is 2. The summed E-state index contributed by atoms with van der Waals surface area (Å²) in [5, 5.41) is 3.64. The van der Waals surface area contributed by atoms with Gasteiger partial charge in [0.05, 0.1) is 5.56 Å². The van der Waals surface area contributed by atoms with Crippen LogP contribution in [0, 0.1) is 5.41 Å². The van der Waals surface area contributed by atoms with Crippen molar-refractivity contribution in [2.45, 2.75) is 64.8 Å². The predicted molar refractivity (Wildman–Crippen MR) is 91.8 cm³/mol. The molecule has 1 aromatic heterocycles. The molecule has 4 heteroatoms. The average molecular weight is 303 g/mol. The van der Waals surface area contributed by atoms with Crippen molar-refractivity contribution in [3.63, 3.8) is 0 Å². The Bertz CT molecular complexity index is 565. The Morgan fingerprint density at radius 2 is 2.19 bits per heavy atom. The van der Waals surface area contributed by atoms with Crippen LogP contribution in [-0.2, 0) is 12.8 Å². The molecule has 3 N–H and O–H groups in total. The molecule has 1 aromatic rings. The first kappa shape index (κ1) is 14.8. The molecule has 0 spiro atoms. The van der Waals surface area contributed by atoms with E-state index < -0.39 is 0 Å². The number of hydrogen-bond acceptors (Lipinski definition) is 3. The number of nitrogens with one attached hydrogen (secondary N) is 1. The zero-order valence-corrected chi connectivity index (χ0v) is 13.9. The Hall–Kier alpha value is -1.16. The van der Waals surface area contributed by atoms with E-state index >= 15 is 0 Å². The molecule has 1 unspecified atom stereocenters. The van der Waals surface area contributed by atoms with E-state index in [4.69, 9.17) is 22.9 Å². The van der Waals surface area contributed by atoms with Crippen molar-refractivity contribution in [3.05, 3.63) is 22.9 Å². The van der Waals surface area contributed by atoms with E-state index in [9.17, 15) is 0 Å². The van der Waals surface area contributed by atoms with Crippen LogP contribution in [0.5, 0.6) is 0 Å². The first-order valence-corrected chi connectivity index (χ1v) is 8.44. The summed E-state index contributed by atoms with van der Waals surface area (Å²) in [4.78, 5) is 5.29. The standard InChI is InChI=1S/C17H25N3S/c1-17(2)8-4-6-12(10-17)19-16-13(15(18)21)9-11-5-3-7-14(11)20-16/h9,12H,3-8,10H2,1-2H3,(H2,18,21)(H,19,20). The van der Waals surface area contributed by atoms with Crippen LogP contribution in [0.1, 0.15) is 62.8 Å². The van der Waals surface area contributed by atoms with Crippen molar-refractivity contribution < 1.29 is 0 Å². The van der Waals surface area contributed by atoms with Crippen LogP contribution in [0.3, 0.4) is 0 Å². The highest BCUT2D eigenvalue weighted by Gasteiger charge is 2.29. The van der Waals surface area contributed by atoms with Crippen LogP contribution in [0.4, 0.5) is 5.82 Å². The fourth-order valence-electron chi connectivity index (χ4n) is 3.78. The number of aromatic nitrogens is 1. The van der Waals surface area contributed by atoms with Gasteiger partial charge in [-0.15, -0.1) is 0 Å². The van der Waals surface area contributed by atoms with Gasteiger partial charge in [0.2, 0.25) is 0 Å². The van der Waals surface area contributed by atoms with Crippen LogP contribution < -0.4 is 11.1 Å². The molecule has 3 nitrogen and oxygen atoms in total. The molecule has 114 valence electrons. The summed E-state index contributed by atoms with van der Waals surface area (Å²) >= 11 is 5.23. The molecule has 0 saturated heterocycles. The molecule has 3 rings (SSSR count). The minimum atomic E-state index is 0.413. The summed E-state index contributed by atoms with van der Waals surface area (Å²) in [5.74, 6) is 0.908. The van der Waals surface area contributed by atoms with Gasteiger partial charge in [0.15, 0.2) is 0 Å². The van der Waals surface area contributed by atoms with Gasteiger partial charge in [0.25, 0.3) is 0 Å². The van der Waals surface area contributed by atoms with Crippen LogP contribution in [-0.4, -0.2) is 16.0 Å². The molecule has 1 saturated carbocycles. The average Bonchev–Trinajstić information content (AvgIpc) is 2.83. The molecule has 0 amide bonds. The number of anilines is 1. The molecule has 1 fully saturated rings. The summed E-state index contributed by atoms with van der Waals surface area (Å²) in [6.07, 6.45) is 8.36. The molecule has 0 radical (unpaired) electrons. The molecule has 2 aliphatic rings. The highest BCUT2D eigenvalue weighted by Crippen LogP contribution is 2.37. The fraction of sp³-hybridized carbons (Fsp3) is 0.647. The maximum atomic E-state index is 5.92. The monoisotopic (exact) mass is 303 g/mol. The van der Waals surface area contributed by atoms with Crippen molar-refractivity contribution in [2.75, 3.05) is 5.32 Å². The number of nitrogens with zero attached hydrogens (tertiary/aromatic N) is 1. The lowest BCUT2D eigenvalue weighted by Crippen LogP contribution is -2.33. The van der Waals surface area contributed by atoms with Crippen LogP contribution in [0.15, 0.2) is 6.07 Å². The quantitative estimate of drug-likeness (QED) is 0.838. The molecular weight excluding hydrogens is 278 g/mol. The van der Waals surface area contributed by atoms with Gasteiger partial charge in [-0.05, 0) is 55.6 Å². The Kier molecular flexibility index (Phi) is 3.91. The Morgan fingerprint density at radius 1 is 1.38 bits per heavy atom. The van der Waals surface area contributed by atoms with E-state index in [1.807, 2.05) is 0 Å². The van der Waals surface area contributed by atoms with Gasteiger partial charge in [0, 0.05) is 11.7 Å². The molecule has 2 aliphatic carbocycles. The molecular formula is C17H25N3S. The molecule has 1 atom stereocenters. The minimum absolute atomic E-state index is 0.413. The lowest BCUT2D eigenvalue weighted by Gasteiger charge is -2.36. The normalized spacial score (nSPS) is 23.6. The Morgan fingerprint density at radius 3 is 2.90 bits per heavy atom.